The third-order valence-electron chi connectivity index (χ3n) is 5.49. The number of nitrogens with one attached hydrogen (secondary N) is 1. The van der Waals surface area contributed by atoms with Gasteiger partial charge in [0.25, 0.3) is 5.91 Å². The van der Waals surface area contributed by atoms with Crippen LogP contribution in [0.1, 0.15) is 45.9 Å². The van der Waals surface area contributed by atoms with Crippen LogP contribution in [0.4, 0.5) is 18.9 Å². The summed E-state index contributed by atoms with van der Waals surface area (Å²) in [5.74, 6) is -0.202. The van der Waals surface area contributed by atoms with Crippen LogP contribution in [0, 0.1) is 0 Å². The van der Waals surface area contributed by atoms with E-state index in [9.17, 15) is 18.0 Å². The number of nitrogens with zero attached hydrogens (tertiary/aromatic N) is 3. The normalized spacial score (nSPS) is 14.1. The molecule has 1 heterocycles. The van der Waals surface area contributed by atoms with Crippen LogP contribution in [-0.2, 0) is 12.6 Å². The molecule has 5 nitrogen and oxygen atoms in total. The second-order valence-electron chi connectivity index (χ2n) is 8.38. The van der Waals surface area contributed by atoms with Gasteiger partial charge in [0, 0.05) is 18.2 Å². The average Bonchev–Trinajstić information content (AvgIpc) is 3.50. The summed E-state index contributed by atoms with van der Waals surface area (Å²) in [5.41, 5.74) is 2.44. The van der Waals surface area contributed by atoms with Gasteiger partial charge in [-0.25, -0.2) is 4.68 Å². The fraction of sp³-hybridized carbons (Fsp3) is 0.333. The second-order valence-corrected chi connectivity index (χ2v) is 8.38. The summed E-state index contributed by atoms with van der Waals surface area (Å²) in [5, 5.41) is 7.16. The molecule has 0 unspecified atom stereocenters. The monoisotopic (exact) mass is 442 g/mol. The Morgan fingerprint density at radius 2 is 1.88 bits per heavy atom. The number of aromatic nitrogens is 2. The van der Waals surface area contributed by atoms with Gasteiger partial charge in [-0.15, -0.1) is 0 Å². The van der Waals surface area contributed by atoms with E-state index in [2.05, 4.69) is 15.3 Å². The Hall–Kier alpha value is -3.13. The molecular weight excluding hydrogens is 417 g/mol. The van der Waals surface area contributed by atoms with Gasteiger partial charge < -0.3 is 10.2 Å². The molecular formula is C24H25F3N4O. The van der Waals surface area contributed by atoms with E-state index in [1.807, 2.05) is 38.4 Å². The number of alkyl halides is 3. The molecule has 1 aliphatic carbocycles. The molecule has 0 bridgehead atoms. The van der Waals surface area contributed by atoms with Crippen molar-refractivity contribution in [3.8, 4) is 5.69 Å². The van der Waals surface area contributed by atoms with Crippen molar-refractivity contribution in [1.82, 2.24) is 14.7 Å². The molecule has 0 radical (unpaired) electrons. The van der Waals surface area contributed by atoms with E-state index >= 15 is 0 Å². The number of hydrogen-bond donors (Lipinski definition) is 1. The van der Waals surface area contributed by atoms with Crippen molar-refractivity contribution in [2.45, 2.75) is 31.4 Å². The minimum Gasteiger partial charge on any atom is -0.322 e. The van der Waals surface area contributed by atoms with Crippen molar-refractivity contribution in [3.05, 3.63) is 77.1 Å². The van der Waals surface area contributed by atoms with E-state index in [4.69, 9.17) is 0 Å². The highest BCUT2D eigenvalue weighted by molar-refractivity contribution is 6.05. The van der Waals surface area contributed by atoms with Gasteiger partial charge in [-0.1, -0.05) is 18.2 Å². The molecule has 1 fully saturated rings. The van der Waals surface area contributed by atoms with Crippen LogP contribution in [0.3, 0.4) is 0 Å². The van der Waals surface area contributed by atoms with Crippen molar-refractivity contribution >= 4 is 11.6 Å². The lowest BCUT2D eigenvalue weighted by Gasteiger charge is -2.12. The largest absolute Gasteiger partial charge is 0.416 e. The first kappa shape index (κ1) is 22.1. The van der Waals surface area contributed by atoms with Crippen LogP contribution in [-0.4, -0.2) is 41.2 Å². The summed E-state index contributed by atoms with van der Waals surface area (Å²) < 4.78 is 40.9. The fourth-order valence-electron chi connectivity index (χ4n) is 3.61. The zero-order chi connectivity index (χ0) is 22.9. The number of halogens is 3. The van der Waals surface area contributed by atoms with Gasteiger partial charge in [-0.3, -0.25) is 4.79 Å². The lowest BCUT2D eigenvalue weighted by atomic mass is 10.1. The maximum absolute atomic E-state index is 13.2. The minimum absolute atomic E-state index is 0.112. The summed E-state index contributed by atoms with van der Waals surface area (Å²) in [7, 11) is 4.04. The van der Waals surface area contributed by atoms with Crippen LogP contribution < -0.4 is 5.32 Å². The smallest absolute Gasteiger partial charge is 0.322 e. The topological polar surface area (TPSA) is 50.2 Å². The third-order valence-corrected chi connectivity index (χ3v) is 5.49. The summed E-state index contributed by atoms with van der Waals surface area (Å²) in [6.45, 7) is 0.936. The molecule has 0 spiro atoms. The lowest BCUT2D eigenvalue weighted by Crippen LogP contribution is -2.15. The molecule has 3 aromatic rings. The van der Waals surface area contributed by atoms with Crippen LogP contribution in [0.15, 0.2) is 54.7 Å². The number of amides is 1. The summed E-state index contributed by atoms with van der Waals surface area (Å²) in [4.78, 5) is 15.1. The van der Waals surface area contributed by atoms with Gasteiger partial charge in [0.2, 0.25) is 0 Å². The maximum atomic E-state index is 13.2. The Morgan fingerprint density at radius 1 is 1.16 bits per heavy atom. The Bertz CT molecular complexity index is 1100. The Morgan fingerprint density at radius 3 is 2.50 bits per heavy atom. The maximum Gasteiger partial charge on any atom is 0.416 e. The molecule has 1 aromatic heterocycles. The van der Waals surface area contributed by atoms with Gasteiger partial charge in [0.15, 0.2) is 0 Å². The molecule has 1 aliphatic rings. The van der Waals surface area contributed by atoms with Crippen LogP contribution in [0.25, 0.3) is 5.69 Å². The zero-order valence-corrected chi connectivity index (χ0v) is 18.0. The number of benzene rings is 2. The molecule has 168 valence electrons. The first-order chi connectivity index (χ1) is 15.2. The fourth-order valence-corrected chi connectivity index (χ4v) is 3.61. The highest BCUT2D eigenvalue weighted by atomic mass is 19.4. The van der Waals surface area contributed by atoms with E-state index in [0.717, 1.165) is 37.9 Å². The molecule has 4 rings (SSSR count). The third kappa shape index (κ3) is 5.02. The minimum atomic E-state index is -4.44. The number of rotatable bonds is 7. The molecule has 1 saturated carbocycles. The van der Waals surface area contributed by atoms with E-state index in [-0.39, 0.29) is 11.8 Å². The van der Waals surface area contributed by atoms with Gasteiger partial charge in [-0.05, 0) is 69.3 Å². The average molecular weight is 442 g/mol. The SMILES string of the molecule is CN(C)CCc1ccc(NC(=O)c2cnn(-c3cccc(C(F)(F)F)c3)c2C2CC2)cc1. The van der Waals surface area contributed by atoms with Crippen molar-refractivity contribution in [2.75, 3.05) is 26.0 Å². The van der Waals surface area contributed by atoms with Crippen LogP contribution in [0.5, 0.6) is 0 Å². The number of carbonyl (C=O) groups is 1. The van der Waals surface area contributed by atoms with Gasteiger partial charge in [0.05, 0.1) is 28.7 Å². The molecule has 8 heteroatoms. The number of anilines is 1. The standard InChI is InChI=1S/C24H25F3N4O/c1-30(2)13-12-16-6-10-19(11-7-16)29-23(32)21-15-28-31(22(21)17-8-9-17)20-5-3-4-18(14-20)24(25,26)27/h3-7,10-11,14-15,17H,8-9,12-13H2,1-2H3,(H,29,32). The second kappa shape index (κ2) is 8.78. The van der Waals surface area contributed by atoms with E-state index < -0.39 is 11.7 Å². The molecule has 0 saturated heterocycles. The summed E-state index contributed by atoms with van der Waals surface area (Å²) in [6.07, 6.45) is -0.329. The van der Waals surface area contributed by atoms with Crippen molar-refractivity contribution < 1.29 is 18.0 Å². The zero-order valence-electron chi connectivity index (χ0n) is 18.0. The van der Waals surface area contributed by atoms with E-state index in [1.165, 1.54) is 22.5 Å². The molecule has 1 N–H and O–H groups in total. The Balaban J connectivity index is 1.56. The quantitative estimate of drug-likeness (QED) is 0.552. The van der Waals surface area contributed by atoms with Crippen LogP contribution >= 0.6 is 0 Å². The molecule has 0 aliphatic heterocycles. The van der Waals surface area contributed by atoms with E-state index in [0.29, 0.717) is 22.6 Å². The summed E-state index contributed by atoms with van der Waals surface area (Å²) >= 11 is 0. The Labute approximate surface area is 184 Å². The van der Waals surface area contributed by atoms with Crippen molar-refractivity contribution in [2.24, 2.45) is 0 Å². The lowest BCUT2D eigenvalue weighted by molar-refractivity contribution is -0.137. The van der Waals surface area contributed by atoms with E-state index in [1.54, 1.807) is 6.07 Å². The molecule has 2 aromatic carbocycles. The highest BCUT2D eigenvalue weighted by Crippen LogP contribution is 2.43. The van der Waals surface area contributed by atoms with Gasteiger partial charge >= 0.3 is 6.18 Å². The summed E-state index contributed by atoms with van der Waals surface area (Å²) in [6, 6.07) is 12.7. The first-order valence-corrected chi connectivity index (χ1v) is 10.5. The first-order valence-electron chi connectivity index (χ1n) is 10.5. The predicted octanol–water partition coefficient (Wildman–Crippen LogP) is 5.12. The van der Waals surface area contributed by atoms with Crippen molar-refractivity contribution in [3.63, 3.8) is 0 Å². The van der Waals surface area contributed by atoms with Crippen LogP contribution in [0.2, 0.25) is 0 Å². The predicted molar refractivity (Wildman–Crippen MR) is 117 cm³/mol. The number of carbonyl (C=O) groups excluding carboxylic acids is 1. The number of likely N-dealkylation sites (N-methyl/N-ethyl adjacent to an activating group) is 1. The van der Waals surface area contributed by atoms with Gasteiger partial charge in [-0.2, -0.15) is 18.3 Å². The highest BCUT2D eigenvalue weighted by Gasteiger charge is 2.34. The molecule has 0 atom stereocenters. The molecule has 32 heavy (non-hydrogen) atoms. The molecule has 1 amide bonds. The number of hydrogen-bond acceptors (Lipinski definition) is 3. The Kier molecular flexibility index (Phi) is 6.06. The van der Waals surface area contributed by atoms with Crippen molar-refractivity contribution in [1.29, 1.82) is 0 Å². The van der Waals surface area contributed by atoms with Gasteiger partial charge in [0.1, 0.15) is 0 Å².